The number of nitrogen functional groups attached to an aromatic ring is 1. The Morgan fingerprint density at radius 3 is 2.77 bits per heavy atom. The van der Waals surface area contributed by atoms with Crippen LogP contribution in [0.1, 0.15) is 50.8 Å². The van der Waals surface area contributed by atoms with E-state index in [1.165, 1.54) is 47.0 Å². The number of rotatable bonds is 6. The third-order valence-electron chi connectivity index (χ3n) is 5.26. The molecule has 4 rings (SSSR count). The van der Waals surface area contributed by atoms with E-state index in [1.54, 1.807) is 12.1 Å². The van der Waals surface area contributed by atoms with Crippen molar-refractivity contribution < 1.29 is 4.79 Å². The van der Waals surface area contributed by atoms with Crippen LogP contribution in [0.4, 0.5) is 5.13 Å². The lowest BCUT2D eigenvalue weighted by Crippen LogP contribution is -2.24. The molecule has 1 aliphatic rings. The molecule has 0 spiro atoms. The molecule has 1 aromatic carbocycles. The predicted octanol–water partition coefficient (Wildman–Crippen LogP) is 5.59. The number of benzene rings is 1. The summed E-state index contributed by atoms with van der Waals surface area (Å²) in [6, 6.07) is 5.31. The Kier molecular flexibility index (Phi) is 7.05. The Morgan fingerprint density at radius 1 is 1.26 bits per heavy atom. The van der Waals surface area contributed by atoms with Gasteiger partial charge in [0.15, 0.2) is 11.0 Å². The van der Waals surface area contributed by atoms with Crippen molar-refractivity contribution >= 4 is 57.3 Å². The van der Waals surface area contributed by atoms with Gasteiger partial charge in [0, 0.05) is 16.9 Å². The second kappa shape index (κ2) is 9.77. The Bertz CT molecular complexity index is 1080. The van der Waals surface area contributed by atoms with E-state index in [4.69, 9.17) is 29.0 Å². The van der Waals surface area contributed by atoms with Crippen LogP contribution in [0.2, 0.25) is 10.0 Å². The number of nitrogens with two attached hydrogens (primary N) is 1. The number of aromatic nitrogens is 4. The van der Waals surface area contributed by atoms with E-state index < -0.39 is 5.25 Å². The van der Waals surface area contributed by atoms with Crippen LogP contribution < -0.4 is 11.2 Å². The molecule has 31 heavy (non-hydrogen) atoms. The summed E-state index contributed by atoms with van der Waals surface area (Å²) in [5, 5.41) is 14.8. The van der Waals surface area contributed by atoms with Gasteiger partial charge in [-0.05, 0) is 31.9 Å². The Hall–Kier alpha value is -1.81. The summed E-state index contributed by atoms with van der Waals surface area (Å²) in [6.45, 7) is 1.81. The first-order valence-electron chi connectivity index (χ1n) is 10.0. The zero-order chi connectivity index (χ0) is 22.0. The number of thioether (sulfide) groups is 1. The lowest BCUT2D eigenvalue weighted by atomic mass is 9.89. The Labute approximate surface area is 198 Å². The van der Waals surface area contributed by atoms with E-state index in [-0.39, 0.29) is 5.91 Å². The number of hydrogen-bond donors (Lipinski definition) is 2. The van der Waals surface area contributed by atoms with Crippen molar-refractivity contribution in [2.75, 3.05) is 11.2 Å². The molecular weight excluding hydrogens is 475 g/mol. The number of thiazole rings is 1. The van der Waals surface area contributed by atoms with E-state index in [9.17, 15) is 4.79 Å². The molecule has 1 fully saturated rings. The third kappa shape index (κ3) is 5.16. The van der Waals surface area contributed by atoms with E-state index in [2.05, 4.69) is 20.5 Å². The van der Waals surface area contributed by atoms with Crippen molar-refractivity contribution in [3.8, 4) is 11.3 Å². The largest absolute Gasteiger partial charge is 0.336 e. The van der Waals surface area contributed by atoms with Crippen LogP contribution in [-0.4, -0.2) is 31.0 Å². The molecule has 2 aromatic heterocycles. The van der Waals surface area contributed by atoms with Crippen LogP contribution in [0.15, 0.2) is 28.7 Å². The summed E-state index contributed by atoms with van der Waals surface area (Å²) >= 11 is 14.7. The number of hydrogen-bond acceptors (Lipinski definition) is 7. The molecule has 0 saturated heterocycles. The average molecular weight is 497 g/mol. The first kappa shape index (κ1) is 22.4. The van der Waals surface area contributed by atoms with Crippen LogP contribution in [0.3, 0.4) is 0 Å². The summed E-state index contributed by atoms with van der Waals surface area (Å²) in [6.07, 6.45) is 5.81. The van der Waals surface area contributed by atoms with Gasteiger partial charge in [-0.1, -0.05) is 60.3 Å². The summed E-state index contributed by atoms with van der Waals surface area (Å²) in [5.74, 6) is 7.21. The van der Waals surface area contributed by atoms with Gasteiger partial charge in [-0.3, -0.25) is 4.79 Å². The third-order valence-corrected chi connectivity index (χ3v) is 7.82. The van der Waals surface area contributed by atoms with Crippen LogP contribution in [-0.2, 0) is 4.79 Å². The first-order chi connectivity index (χ1) is 14.9. The van der Waals surface area contributed by atoms with Crippen LogP contribution >= 0.6 is 46.3 Å². The molecule has 1 saturated carbocycles. The zero-order valence-corrected chi connectivity index (χ0v) is 20.0. The van der Waals surface area contributed by atoms with Crippen LogP contribution in [0.5, 0.6) is 0 Å². The van der Waals surface area contributed by atoms with Gasteiger partial charge in [-0.25, -0.2) is 9.66 Å². The molecule has 7 nitrogen and oxygen atoms in total. The maximum atomic E-state index is 12.7. The highest BCUT2D eigenvalue weighted by Gasteiger charge is 2.25. The highest BCUT2D eigenvalue weighted by atomic mass is 35.5. The van der Waals surface area contributed by atoms with Gasteiger partial charge in [-0.2, -0.15) is 0 Å². The van der Waals surface area contributed by atoms with E-state index >= 15 is 0 Å². The van der Waals surface area contributed by atoms with Gasteiger partial charge in [0.2, 0.25) is 11.1 Å². The van der Waals surface area contributed by atoms with Crippen molar-refractivity contribution in [3.63, 3.8) is 0 Å². The first-order valence-corrected chi connectivity index (χ1v) is 12.5. The van der Waals surface area contributed by atoms with Crippen molar-refractivity contribution in [1.82, 2.24) is 19.9 Å². The van der Waals surface area contributed by atoms with E-state index in [0.717, 1.165) is 29.9 Å². The quantitative estimate of drug-likeness (QED) is 0.340. The standard InChI is InChI=1S/C20H22Cl2N6OS2/c1-11(31-20-27-26-17(28(20)23)12-5-3-2-4-6-12)18(29)25-19-24-16(10-30-19)13-7-8-14(21)15(22)9-13/h7-12H,2-6,23H2,1H3,(H,24,25,29)/t11-/m0/s1. The zero-order valence-electron chi connectivity index (χ0n) is 16.8. The number of anilines is 1. The minimum Gasteiger partial charge on any atom is -0.336 e. The average Bonchev–Trinajstić information content (AvgIpc) is 3.38. The monoisotopic (exact) mass is 496 g/mol. The van der Waals surface area contributed by atoms with Gasteiger partial charge in [0.1, 0.15) is 0 Å². The molecule has 3 aromatic rings. The summed E-state index contributed by atoms with van der Waals surface area (Å²) in [7, 11) is 0. The number of carbonyl (C=O) groups excluding carboxylic acids is 1. The minimum absolute atomic E-state index is 0.178. The van der Waals surface area contributed by atoms with Crippen molar-refractivity contribution in [2.24, 2.45) is 0 Å². The van der Waals surface area contributed by atoms with Crippen molar-refractivity contribution in [1.29, 1.82) is 0 Å². The lowest BCUT2D eigenvalue weighted by Gasteiger charge is -2.20. The van der Waals surface area contributed by atoms with Crippen LogP contribution in [0.25, 0.3) is 11.3 Å². The Balaban J connectivity index is 1.39. The fraction of sp³-hybridized carbons (Fsp3) is 0.400. The molecular formula is C20H22Cl2N6OS2. The molecule has 2 heterocycles. The lowest BCUT2D eigenvalue weighted by molar-refractivity contribution is -0.115. The molecule has 0 unspecified atom stereocenters. The topological polar surface area (TPSA) is 98.7 Å². The molecule has 0 radical (unpaired) electrons. The molecule has 3 N–H and O–H groups in total. The van der Waals surface area contributed by atoms with Crippen molar-refractivity contribution in [2.45, 2.75) is 55.4 Å². The fourth-order valence-electron chi connectivity index (χ4n) is 3.55. The van der Waals surface area contributed by atoms with Gasteiger partial charge >= 0.3 is 0 Å². The number of nitrogens with one attached hydrogen (secondary N) is 1. The highest BCUT2D eigenvalue weighted by Crippen LogP contribution is 2.33. The number of halogens is 2. The molecule has 1 aliphatic carbocycles. The van der Waals surface area contributed by atoms with Gasteiger partial charge in [0.25, 0.3) is 0 Å². The molecule has 11 heteroatoms. The maximum Gasteiger partial charge on any atom is 0.239 e. The van der Waals surface area contributed by atoms with Gasteiger partial charge in [-0.15, -0.1) is 21.5 Å². The van der Waals surface area contributed by atoms with Crippen LogP contribution in [0, 0.1) is 0 Å². The number of amides is 1. The second-order valence-corrected chi connectivity index (χ2v) is 10.4. The summed E-state index contributed by atoms with van der Waals surface area (Å²) in [4.78, 5) is 17.2. The molecule has 0 aliphatic heterocycles. The number of carbonyl (C=O) groups is 1. The molecule has 1 atom stereocenters. The van der Waals surface area contributed by atoms with E-state index in [1.807, 2.05) is 18.4 Å². The minimum atomic E-state index is -0.414. The summed E-state index contributed by atoms with van der Waals surface area (Å²) < 4.78 is 1.54. The maximum absolute atomic E-state index is 12.7. The molecule has 0 bridgehead atoms. The smallest absolute Gasteiger partial charge is 0.239 e. The second-order valence-electron chi connectivity index (χ2n) is 7.46. The fourth-order valence-corrected chi connectivity index (χ4v) is 5.34. The molecule has 164 valence electrons. The predicted molar refractivity (Wildman–Crippen MR) is 128 cm³/mol. The van der Waals surface area contributed by atoms with Gasteiger partial charge < -0.3 is 11.2 Å². The SMILES string of the molecule is C[C@H](Sc1nnc(C2CCCCC2)n1N)C(=O)Nc1nc(-c2ccc(Cl)c(Cl)c2)cs1. The summed E-state index contributed by atoms with van der Waals surface area (Å²) in [5.41, 5.74) is 1.55. The van der Waals surface area contributed by atoms with E-state index in [0.29, 0.717) is 26.3 Å². The van der Waals surface area contributed by atoms with Crippen molar-refractivity contribution in [3.05, 3.63) is 39.4 Å². The highest BCUT2D eigenvalue weighted by molar-refractivity contribution is 8.00. The number of nitrogens with zero attached hydrogens (tertiary/aromatic N) is 4. The normalized spacial score (nSPS) is 15.7. The van der Waals surface area contributed by atoms with Gasteiger partial charge in [0.05, 0.1) is 21.0 Å². The Morgan fingerprint density at radius 2 is 2.03 bits per heavy atom. The molecule has 1 amide bonds.